The highest BCUT2D eigenvalue weighted by molar-refractivity contribution is 7.92. The van der Waals surface area contributed by atoms with Crippen molar-refractivity contribution >= 4 is 33.5 Å². The number of benzene rings is 2. The number of aromatic nitrogens is 1. The Kier molecular flexibility index (Phi) is 9.54. The number of hydrogen-bond donors (Lipinski definition) is 1. The van der Waals surface area contributed by atoms with Gasteiger partial charge in [-0.05, 0) is 73.7 Å². The van der Waals surface area contributed by atoms with Gasteiger partial charge >= 0.3 is 0 Å². The van der Waals surface area contributed by atoms with Crippen LogP contribution in [-0.2, 0) is 16.6 Å². The number of carbonyl (C=O) groups is 1. The van der Waals surface area contributed by atoms with Crippen LogP contribution in [0.2, 0.25) is 0 Å². The predicted octanol–water partition coefficient (Wildman–Crippen LogP) is 5.62. The largest absolute Gasteiger partial charge is 0.495 e. The number of pyridine rings is 1. The average Bonchev–Trinajstić information content (AvgIpc) is 3.02. The molecule has 0 bridgehead atoms. The summed E-state index contributed by atoms with van der Waals surface area (Å²) >= 11 is 0. The molecule has 0 unspecified atom stereocenters. The Bertz CT molecular complexity index is 1510. The topological polar surface area (TPSA) is 104 Å². The summed E-state index contributed by atoms with van der Waals surface area (Å²) in [6.45, 7) is 5.11. The third-order valence-corrected chi connectivity index (χ3v) is 9.52. The molecule has 0 spiro atoms. The van der Waals surface area contributed by atoms with Crippen molar-refractivity contribution in [3.63, 3.8) is 0 Å². The number of para-hydroxylation sites is 1. The summed E-state index contributed by atoms with van der Waals surface area (Å²) in [4.78, 5) is 26.4. The van der Waals surface area contributed by atoms with Crippen LogP contribution in [0, 0.1) is 0 Å². The minimum Gasteiger partial charge on any atom is -0.495 e. The molecule has 10 heteroatoms. The standard InChI is InChI=1S/C32H39N5O4S/c1-3-33-31-27(24-9-5-4-6-10-24)11-7-13-30(31)42(39,40)35-26-16-14-25(15-17-26)32(38)37-21-19-36(20-22-37)23-28-29(41-2)12-8-18-34-28/h3,7-8,11-18,24,35H,4-6,9-10,19-23H2,1-2H3. The van der Waals surface area contributed by atoms with Gasteiger partial charge in [-0.25, -0.2) is 8.42 Å². The number of rotatable bonds is 9. The lowest BCUT2D eigenvalue weighted by molar-refractivity contribution is 0.0626. The summed E-state index contributed by atoms with van der Waals surface area (Å²) in [5.74, 6) is 1.01. The number of carbonyl (C=O) groups excluding carboxylic acids is 1. The minimum absolute atomic E-state index is 0.0702. The van der Waals surface area contributed by atoms with Crippen LogP contribution in [0.4, 0.5) is 11.4 Å². The van der Waals surface area contributed by atoms with E-state index in [1.165, 1.54) is 6.42 Å². The maximum atomic E-state index is 13.5. The number of aliphatic imine (C=N–C) groups is 1. The molecule has 2 aliphatic rings. The van der Waals surface area contributed by atoms with Crippen molar-refractivity contribution in [3.8, 4) is 5.75 Å². The Morgan fingerprint density at radius 1 is 1.02 bits per heavy atom. The van der Waals surface area contributed by atoms with E-state index >= 15 is 0 Å². The number of hydrogen-bond acceptors (Lipinski definition) is 7. The van der Waals surface area contributed by atoms with Crippen molar-refractivity contribution in [3.05, 3.63) is 77.6 Å². The Morgan fingerprint density at radius 3 is 2.45 bits per heavy atom. The lowest BCUT2D eigenvalue weighted by Crippen LogP contribution is -2.48. The van der Waals surface area contributed by atoms with Gasteiger partial charge in [0.15, 0.2) is 0 Å². The number of piperazine rings is 1. The molecule has 1 aromatic heterocycles. The maximum absolute atomic E-state index is 13.5. The molecule has 1 aliphatic carbocycles. The lowest BCUT2D eigenvalue weighted by Gasteiger charge is -2.34. The van der Waals surface area contributed by atoms with Crippen LogP contribution >= 0.6 is 0 Å². The first-order valence-electron chi connectivity index (χ1n) is 14.6. The second-order valence-corrected chi connectivity index (χ2v) is 12.5. The zero-order chi connectivity index (χ0) is 29.5. The summed E-state index contributed by atoms with van der Waals surface area (Å²) in [6.07, 6.45) is 9.02. The number of nitrogens with one attached hydrogen (secondary N) is 1. The molecule has 1 amide bonds. The zero-order valence-corrected chi connectivity index (χ0v) is 25.1. The second kappa shape index (κ2) is 13.5. The van der Waals surface area contributed by atoms with Crippen molar-refractivity contribution in [1.29, 1.82) is 0 Å². The van der Waals surface area contributed by atoms with Gasteiger partial charge in [-0.3, -0.25) is 24.4 Å². The fraction of sp³-hybridized carbons (Fsp3) is 0.406. The summed E-state index contributed by atoms with van der Waals surface area (Å²) < 4.78 is 35.2. The third-order valence-electron chi connectivity index (χ3n) is 8.11. The van der Waals surface area contributed by atoms with Gasteiger partial charge in [0.25, 0.3) is 15.9 Å². The highest BCUT2D eigenvalue weighted by Crippen LogP contribution is 2.40. The van der Waals surface area contributed by atoms with Crippen LogP contribution < -0.4 is 9.46 Å². The van der Waals surface area contributed by atoms with Crippen molar-refractivity contribution in [2.45, 2.75) is 56.4 Å². The number of nitrogens with zero attached hydrogens (tertiary/aromatic N) is 4. The molecular weight excluding hydrogens is 550 g/mol. The second-order valence-electron chi connectivity index (χ2n) is 10.8. The van der Waals surface area contributed by atoms with Crippen molar-refractivity contribution in [2.24, 2.45) is 4.99 Å². The Balaban J connectivity index is 1.23. The molecule has 0 atom stereocenters. The normalized spacial score (nSPS) is 17.0. The van der Waals surface area contributed by atoms with E-state index in [0.29, 0.717) is 42.5 Å². The lowest BCUT2D eigenvalue weighted by atomic mass is 9.83. The van der Waals surface area contributed by atoms with Gasteiger partial charge in [0.1, 0.15) is 10.6 Å². The molecule has 1 aliphatic heterocycles. The first-order chi connectivity index (χ1) is 20.4. The van der Waals surface area contributed by atoms with E-state index in [-0.39, 0.29) is 10.8 Å². The van der Waals surface area contributed by atoms with E-state index in [2.05, 4.69) is 19.6 Å². The Morgan fingerprint density at radius 2 is 1.76 bits per heavy atom. The number of anilines is 1. The van der Waals surface area contributed by atoms with Crippen LogP contribution in [0.1, 0.15) is 66.6 Å². The van der Waals surface area contributed by atoms with E-state index in [1.54, 1.807) is 56.8 Å². The van der Waals surface area contributed by atoms with Crippen LogP contribution in [0.15, 0.2) is 70.7 Å². The molecule has 1 N–H and O–H groups in total. The molecule has 0 radical (unpaired) electrons. The van der Waals surface area contributed by atoms with Gasteiger partial charge in [0.2, 0.25) is 0 Å². The summed E-state index contributed by atoms with van der Waals surface area (Å²) in [5.41, 5.74) is 3.32. The Hall–Kier alpha value is -3.76. The van der Waals surface area contributed by atoms with Crippen LogP contribution in [-0.4, -0.2) is 68.6 Å². The monoisotopic (exact) mass is 589 g/mol. The predicted molar refractivity (Wildman–Crippen MR) is 165 cm³/mol. The molecule has 1 saturated carbocycles. The van der Waals surface area contributed by atoms with Crippen molar-refractivity contribution < 1.29 is 17.9 Å². The molecular formula is C32H39N5O4S. The number of sulfonamides is 1. The van der Waals surface area contributed by atoms with Gasteiger partial charge in [0.05, 0.1) is 18.5 Å². The van der Waals surface area contributed by atoms with Crippen molar-refractivity contribution in [1.82, 2.24) is 14.8 Å². The summed E-state index contributed by atoms with van der Waals surface area (Å²) in [5, 5.41) is 0. The fourth-order valence-corrected chi connectivity index (χ4v) is 7.13. The van der Waals surface area contributed by atoms with Crippen LogP contribution in [0.25, 0.3) is 0 Å². The van der Waals surface area contributed by atoms with Gasteiger partial charge in [-0.2, -0.15) is 0 Å². The Labute approximate surface area is 248 Å². The van der Waals surface area contributed by atoms with E-state index in [4.69, 9.17) is 4.74 Å². The van der Waals surface area contributed by atoms with E-state index < -0.39 is 10.0 Å². The molecule has 2 heterocycles. The quantitative estimate of drug-likeness (QED) is 0.325. The SMILES string of the molecule is CC=Nc1c(C2CCCCC2)cccc1S(=O)(=O)Nc1ccc(C(=O)N2CCN(Cc3ncccc3OC)CC2)cc1. The average molecular weight is 590 g/mol. The summed E-state index contributed by atoms with van der Waals surface area (Å²) in [6, 6.07) is 15.8. The van der Waals surface area contributed by atoms with E-state index in [0.717, 1.165) is 55.8 Å². The number of ether oxygens (including phenoxy) is 1. The number of methoxy groups -OCH3 is 1. The zero-order valence-electron chi connectivity index (χ0n) is 24.3. The van der Waals surface area contributed by atoms with Gasteiger partial charge in [-0.1, -0.05) is 31.4 Å². The van der Waals surface area contributed by atoms with Gasteiger partial charge in [0, 0.05) is 56.4 Å². The molecule has 2 aromatic carbocycles. The highest BCUT2D eigenvalue weighted by Gasteiger charge is 2.26. The van der Waals surface area contributed by atoms with Gasteiger partial charge in [-0.15, -0.1) is 0 Å². The smallest absolute Gasteiger partial charge is 0.264 e. The number of amides is 1. The third kappa shape index (κ3) is 6.82. The van der Waals surface area contributed by atoms with E-state index in [1.807, 2.05) is 29.2 Å². The molecule has 2 fully saturated rings. The first-order valence-corrected chi connectivity index (χ1v) is 16.1. The van der Waals surface area contributed by atoms with E-state index in [9.17, 15) is 13.2 Å². The van der Waals surface area contributed by atoms with Crippen LogP contribution in [0.3, 0.4) is 0 Å². The van der Waals surface area contributed by atoms with Crippen LogP contribution in [0.5, 0.6) is 5.75 Å². The molecule has 3 aromatic rings. The minimum atomic E-state index is -3.90. The molecule has 9 nitrogen and oxygen atoms in total. The molecule has 222 valence electrons. The molecule has 5 rings (SSSR count). The molecule has 1 saturated heterocycles. The highest BCUT2D eigenvalue weighted by atomic mass is 32.2. The summed E-state index contributed by atoms with van der Waals surface area (Å²) in [7, 11) is -2.26. The fourth-order valence-electron chi connectivity index (χ4n) is 5.89. The van der Waals surface area contributed by atoms with Gasteiger partial charge < -0.3 is 9.64 Å². The maximum Gasteiger partial charge on any atom is 0.264 e. The van der Waals surface area contributed by atoms with Crippen molar-refractivity contribution in [2.75, 3.05) is 38.0 Å². The first kappa shape index (κ1) is 29.7. The molecule has 42 heavy (non-hydrogen) atoms.